The van der Waals surface area contributed by atoms with Crippen LogP contribution in [0.25, 0.3) is 0 Å². The maximum atomic E-state index is 5.88. The highest BCUT2D eigenvalue weighted by Gasteiger charge is 2.14. The molecule has 0 bridgehead atoms. The summed E-state index contributed by atoms with van der Waals surface area (Å²) in [6, 6.07) is 29.4. The third-order valence-electron chi connectivity index (χ3n) is 4.89. The SMILES string of the molecule is COc1ccc(OC[C@H](C)NCCC(c2ccccc2)c2ccccc2)cc1. The predicted octanol–water partition coefficient (Wildman–Crippen LogP) is 5.27. The molecule has 0 amide bonds. The van der Waals surface area contributed by atoms with Crippen LogP contribution in [0.5, 0.6) is 11.5 Å². The molecule has 0 aliphatic rings. The largest absolute Gasteiger partial charge is 0.497 e. The molecule has 3 rings (SSSR count). The van der Waals surface area contributed by atoms with Gasteiger partial charge in [-0.2, -0.15) is 0 Å². The molecule has 1 N–H and O–H groups in total. The third kappa shape index (κ3) is 5.86. The minimum Gasteiger partial charge on any atom is -0.497 e. The minimum atomic E-state index is 0.272. The van der Waals surface area contributed by atoms with Gasteiger partial charge in [0.15, 0.2) is 0 Å². The second-order valence-corrected chi connectivity index (χ2v) is 7.00. The van der Waals surface area contributed by atoms with Gasteiger partial charge in [0.2, 0.25) is 0 Å². The van der Waals surface area contributed by atoms with Gasteiger partial charge in [0, 0.05) is 12.0 Å². The zero-order chi connectivity index (χ0) is 19.6. The van der Waals surface area contributed by atoms with Gasteiger partial charge < -0.3 is 14.8 Å². The Bertz CT molecular complexity index is 763. The molecule has 0 aromatic heterocycles. The van der Waals surface area contributed by atoms with Gasteiger partial charge in [-0.15, -0.1) is 0 Å². The van der Waals surface area contributed by atoms with Crippen molar-refractivity contribution < 1.29 is 9.47 Å². The summed E-state index contributed by atoms with van der Waals surface area (Å²) in [6.45, 7) is 3.72. The molecule has 0 aliphatic carbocycles. The molecule has 28 heavy (non-hydrogen) atoms. The van der Waals surface area contributed by atoms with Crippen molar-refractivity contribution >= 4 is 0 Å². The fraction of sp³-hybridized carbons (Fsp3) is 0.280. The van der Waals surface area contributed by atoms with Crippen LogP contribution in [0.3, 0.4) is 0 Å². The second-order valence-electron chi connectivity index (χ2n) is 7.00. The minimum absolute atomic E-state index is 0.272. The molecular weight excluding hydrogens is 346 g/mol. The van der Waals surface area contributed by atoms with E-state index in [0.29, 0.717) is 12.5 Å². The number of benzene rings is 3. The van der Waals surface area contributed by atoms with Crippen LogP contribution in [0.1, 0.15) is 30.4 Å². The summed E-state index contributed by atoms with van der Waals surface area (Å²) in [7, 11) is 1.67. The fourth-order valence-electron chi connectivity index (χ4n) is 3.32. The third-order valence-corrected chi connectivity index (χ3v) is 4.89. The Morgan fingerprint density at radius 1 is 0.750 bits per heavy atom. The summed E-state index contributed by atoms with van der Waals surface area (Å²) < 4.78 is 11.1. The van der Waals surface area contributed by atoms with Crippen molar-refractivity contribution in [1.82, 2.24) is 5.32 Å². The topological polar surface area (TPSA) is 30.5 Å². The number of ether oxygens (including phenoxy) is 2. The highest BCUT2D eigenvalue weighted by atomic mass is 16.5. The average Bonchev–Trinajstić information content (AvgIpc) is 2.77. The smallest absolute Gasteiger partial charge is 0.119 e. The van der Waals surface area contributed by atoms with E-state index in [1.807, 2.05) is 24.3 Å². The summed E-state index contributed by atoms with van der Waals surface area (Å²) in [5, 5.41) is 3.60. The molecule has 3 nitrogen and oxygen atoms in total. The van der Waals surface area contributed by atoms with E-state index in [4.69, 9.17) is 9.47 Å². The van der Waals surface area contributed by atoms with Crippen LogP contribution < -0.4 is 14.8 Å². The monoisotopic (exact) mass is 375 g/mol. The van der Waals surface area contributed by atoms with Crippen LogP contribution in [0.4, 0.5) is 0 Å². The number of methoxy groups -OCH3 is 1. The summed E-state index contributed by atoms with van der Waals surface area (Å²) >= 11 is 0. The van der Waals surface area contributed by atoms with Gasteiger partial charge in [0.05, 0.1) is 7.11 Å². The first kappa shape index (κ1) is 20.0. The van der Waals surface area contributed by atoms with E-state index in [1.54, 1.807) is 7.11 Å². The van der Waals surface area contributed by atoms with Crippen LogP contribution in [0, 0.1) is 0 Å². The van der Waals surface area contributed by atoms with Crippen molar-refractivity contribution in [2.45, 2.75) is 25.3 Å². The molecule has 1 atom stereocenters. The maximum absolute atomic E-state index is 5.88. The number of hydrogen-bond donors (Lipinski definition) is 1. The van der Waals surface area contributed by atoms with Crippen molar-refractivity contribution in [3.8, 4) is 11.5 Å². The van der Waals surface area contributed by atoms with Crippen molar-refractivity contribution in [3.05, 3.63) is 96.1 Å². The Kier molecular flexibility index (Phi) is 7.51. The van der Waals surface area contributed by atoms with Gasteiger partial charge >= 0.3 is 0 Å². The molecule has 0 unspecified atom stereocenters. The van der Waals surface area contributed by atoms with Crippen LogP contribution >= 0.6 is 0 Å². The molecular formula is C25H29NO2. The fourth-order valence-corrected chi connectivity index (χ4v) is 3.32. The standard InChI is InChI=1S/C25H29NO2/c1-20(19-28-24-15-13-23(27-2)14-16-24)26-18-17-25(21-9-5-3-6-10-21)22-11-7-4-8-12-22/h3-16,20,25-26H,17-19H2,1-2H3/t20-/m0/s1. The lowest BCUT2D eigenvalue weighted by atomic mass is 9.88. The first-order valence-electron chi connectivity index (χ1n) is 9.86. The number of rotatable bonds is 10. The molecule has 3 aromatic rings. The maximum Gasteiger partial charge on any atom is 0.119 e. The molecule has 0 saturated heterocycles. The van der Waals surface area contributed by atoms with E-state index in [-0.39, 0.29) is 6.04 Å². The molecule has 0 radical (unpaired) electrons. The van der Waals surface area contributed by atoms with Crippen LogP contribution in [-0.4, -0.2) is 26.3 Å². The Hall–Kier alpha value is -2.78. The van der Waals surface area contributed by atoms with E-state index in [1.165, 1.54) is 11.1 Å². The first-order chi connectivity index (χ1) is 13.8. The Morgan fingerprint density at radius 3 is 1.82 bits per heavy atom. The molecule has 0 aliphatic heterocycles. The molecule has 3 heteroatoms. The van der Waals surface area contributed by atoms with Gasteiger partial charge in [-0.25, -0.2) is 0 Å². The van der Waals surface area contributed by atoms with Gasteiger partial charge in [-0.3, -0.25) is 0 Å². The van der Waals surface area contributed by atoms with Crippen molar-refractivity contribution in [3.63, 3.8) is 0 Å². The van der Waals surface area contributed by atoms with Crippen molar-refractivity contribution in [1.29, 1.82) is 0 Å². The Morgan fingerprint density at radius 2 is 1.29 bits per heavy atom. The van der Waals surface area contributed by atoms with E-state index in [2.05, 4.69) is 72.9 Å². The number of nitrogens with one attached hydrogen (secondary N) is 1. The quantitative estimate of drug-likeness (QED) is 0.523. The van der Waals surface area contributed by atoms with Gasteiger partial charge in [0.1, 0.15) is 18.1 Å². The van der Waals surface area contributed by atoms with Crippen LogP contribution in [0.15, 0.2) is 84.9 Å². The van der Waals surface area contributed by atoms with E-state index < -0.39 is 0 Å². The van der Waals surface area contributed by atoms with Crippen molar-refractivity contribution in [2.24, 2.45) is 0 Å². The van der Waals surface area contributed by atoms with E-state index >= 15 is 0 Å². The van der Waals surface area contributed by atoms with Crippen molar-refractivity contribution in [2.75, 3.05) is 20.3 Å². The number of hydrogen-bond acceptors (Lipinski definition) is 3. The molecule has 0 spiro atoms. The van der Waals surface area contributed by atoms with E-state index in [0.717, 1.165) is 24.5 Å². The molecule has 0 fully saturated rings. The molecule has 0 saturated carbocycles. The Labute approximate surface area is 168 Å². The van der Waals surface area contributed by atoms with Crippen LogP contribution in [-0.2, 0) is 0 Å². The van der Waals surface area contributed by atoms with Crippen LogP contribution in [0.2, 0.25) is 0 Å². The lowest BCUT2D eigenvalue weighted by Crippen LogP contribution is -2.33. The summed E-state index contributed by atoms with van der Waals surface area (Å²) in [5.41, 5.74) is 2.72. The van der Waals surface area contributed by atoms with Gasteiger partial charge in [-0.1, -0.05) is 60.7 Å². The summed E-state index contributed by atoms with van der Waals surface area (Å²) in [6.07, 6.45) is 1.04. The predicted molar refractivity (Wildman–Crippen MR) is 115 cm³/mol. The second kappa shape index (κ2) is 10.5. The zero-order valence-electron chi connectivity index (χ0n) is 16.7. The van der Waals surface area contributed by atoms with Gasteiger partial charge in [-0.05, 0) is 55.3 Å². The van der Waals surface area contributed by atoms with E-state index in [9.17, 15) is 0 Å². The average molecular weight is 376 g/mol. The molecule has 3 aromatic carbocycles. The van der Waals surface area contributed by atoms with Gasteiger partial charge in [0.25, 0.3) is 0 Å². The molecule has 146 valence electrons. The summed E-state index contributed by atoms with van der Waals surface area (Å²) in [5.74, 6) is 2.09. The Balaban J connectivity index is 1.50. The lowest BCUT2D eigenvalue weighted by Gasteiger charge is -2.20. The highest BCUT2D eigenvalue weighted by molar-refractivity contribution is 5.32. The zero-order valence-corrected chi connectivity index (χ0v) is 16.7. The summed E-state index contributed by atoms with van der Waals surface area (Å²) in [4.78, 5) is 0. The first-order valence-corrected chi connectivity index (χ1v) is 9.86. The lowest BCUT2D eigenvalue weighted by molar-refractivity contribution is 0.272. The normalized spacial score (nSPS) is 12.0. The highest BCUT2D eigenvalue weighted by Crippen LogP contribution is 2.27. The molecule has 0 heterocycles.